The van der Waals surface area contributed by atoms with Gasteiger partial charge in [-0.1, -0.05) is 64.5 Å². The summed E-state index contributed by atoms with van der Waals surface area (Å²) in [6.07, 6.45) is 3.37. The minimum Gasteiger partial charge on any atom is -0.346 e. The first kappa shape index (κ1) is 14.5. The Bertz CT molecular complexity index is 607. The molecule has 0 saturated carbocycles. The van der Waals surface area contributed by atoms with Gasteiger partial charge in [0, 0.05) is 10.5 Å². The lowest BCUT2D eigenvalue weighted by Crippen LogP contribution is -2.24. The molecule has 2 rings (SSSR count). The van der Waals surface area contributed by atoms with Gasteiger partial charge in [0.1, 0.15) is 0 Å². The number of nitrogens with one attached hydrogen (secondary N) is 1. The molecular formula is C17H16BrNO. The average Bonchev–Trinajstić information content (AvgIpc) is 2.46. The van der Waals surface area contributed by atoms with Crippen molar-refractivity contribution < 1.29 is 4.79 Å². The molecule has 2 nitrogen and oxygen atoms in total. The van der Waals surface area contributed by atoms with Crippen LogP contribution >= 0.6 is 15.9 Å². The molecule has 0 aliphatic heterocycles. The van der Waals surface area contributed by atoms with Crippen LogP contribution in [0.15, 0.2) is 65.1 Å². The first-order chi connectivity index (χ1) is 9.66. The van der Waals surface area contributed by atoms with Crippen LogP contribution in [0.5, 0.6) is 0 Å². The maximum Gasteiger partial charge on any atom is 0.244 e. The van der Waals surface area contributed by atoms with Crippen molar-refractivity contribution in [3.8, 4) is 0 Å². The molecule has 0 radical (unpaired) electrons. The van der Waals surface area contributed by atoms with Gasteiger partial charge in [-0.25, -0.2) is 0 Å². The van der Waals surface area contributed by atoms with E-state index in [1.54, 1.807) is 6.08 Å². The van der Waals surface area contributed by atoms with E-state index in [4.69, 9.17) is 0 Å². The van der Waals surface area contributed by atoms with Crippen LogP contribution in [-0.2, 0) is 4.79 Å². The van der Waals surface area contributed by atoms with Crippen molar-refractivity contribution in [3.05, 3.63) is 76.3 Å². The maximum absolute atomic E-state index is 11.9. The highest BCUT2D eigenvalue weighted by Crippen LogP contribution is 2.22. The van der Waals surface area contributed by atoms with Crippen molar-refractivity contribution >= 4 is 27.9 Å². The highest BCUT2D eigenvalue weighted by atomic mass is 79.9. The van der Waals surface area contributed by atoms with Crippen LogP contribution in [0.2, 0.25) is 0 Å². The summed E-state index contributed by atoms with van der Waals surface area (Å²) >= 11 is 3.49. The third kappa shape index (κ3) is 4.07. The Morgan fingerprint density at radius 2 is 1.75 bits per heavy atom. The Hall–Kier alpha value is -1.87. The first-order valence-electron chi connectivity index (χ1n) is 6.45. The largest absolute Gasteiger partial charge is 0.346 e. The van der Waals surface area contributed by atoms with Crippen LogP contribution in [-0.4, -0.2) is 5.91 Å². The quantitative estimate of drug-likeness (QED) is 0.830. The number of amides is 1. The molecule has 2 aromatic rings. The zero-order valence-electron chi connectivity index (χ0n) is 11.2. The van der Waals surface area contributed by atoms with Crippen molar-refractivity contribution in [2.24, 2.45) is 0 Å². The van der Waals surface area contributed by atoms with Gasteiger partial charge in [-0.3, -0.25) is 4.79 Å². The molecule has 0 bridgehead atoms. The number of hydrogen-bond donors (Lipinski definition) is 1. The van der Waals surface area contributed by atoms with Gasteiger partial charge in [0.05, 0.1) is 6.04 Å². The molecule has 1 N–H and O–H groups in total. The molecule has 0 fully saturated rings. The summed E-state index contributed by atoms with van der Waals surface area (Å²) in [6.45, 7) is 1.97. The van der Waals surface area contributed by atoms with E-state index in [0.29, 0.717) is 0 Å². The van der Waals surface area contributed by atoms with Crippen molar-refractivity contribution in [1.82, 2.24) is 5.32 Å². The van der Waals surface area contributed by atoms with Crippen molar-refractivity contribution in [1.29, 1.82) is 0 Å². The number of hydrogen-bond acceptors (Lipinski definition) is 1. The van der Waals surface area contributed by atoms with Gasteiger partial charge < -0.3 is 5.32 Å². The zero-order chi connectivity index (χ0) is 14.4. The predicted molar refractivity (Wildman–Crippen MR) is 86.2 cm³/mol. The number of carbonyl (C=O) groups is 1. The van der Waals surface area contributed by atoms with Crippen LogP contribution in [0.4, 0.5) is 0 Å². The summed E-state index contributed by atoms with van der Waals surface area (Å²) in [4.78, 5) is 11.9. The molecule has 0 spiro atoms. The fourth-order valence-electron chi connectivity index (χ4n) is 1.90. The molecule has 102 valence electrons. The van der Waals surface area contributed by atoms with Crippen LogP contribution in [0.25, 0.3) is 6.08 Å². The molecule has 0 heterocycles. The van der Waals surface area contributed by atoms with Crippen LogP contribution in [0.3, 0.4) is 0 Å². The normalized spacial score (nSPS) is 12.3. The third-order valence-corrected chi connectivity index (χ3v) is 3.68. The lowest BCUT2D eigenvalue weighted by atomic mass is 10.1. The summed E-state index contributed by atoms with van der Waals surface area (Å²) in [5.74, 6) is -0.0999. The Labute approximate surface area is 127 Å². The monoisotopic (exact) mass is 329 g/mol. The van der Waals surface area contributed by atoms with Gasteiger partial charge in [-0.2, -0.15) is 0 Å². The van der Waals surface area contributed by atoms with Crippen LogP contribution in [0, 0.1) is 0 Å². The highest BCUT2D eigenvalue weighted by molar-refractivity contribution is 9.10. The summed E-state index contributed by atoms with van der Waals surface area (Å²) in [5, 5.41) is 2.95. The minimum atomic E-state index is -0.0999. The molecule has 0 unspecified atom stereocenters. The molecule has 0 saturated heterocycles. The molecule has 3 heteroatoms. The molecular weight excluding hydrogens is 314 g/mol. The second kappa shape index (κ2) is 7.06. The average molecular weight is 330 g/mol. The number of rotatable bonds is 4. The van der Waals surface area contributed by atoms with Crippen LogP contribution < -0.4 is 5.32 Å². The van der Waals surface area contributed by atoms with Gasteiger partial charge in [0.2, 0.25) is 5.91 Å². The fourth-order valence-corrected chi connectivity index (χ4v) is 2.53. The molecule has 1 amide bonds. The first-order valence-corrected chi connectivity index (χ1v) is 7.24. The Morgan fingerprint density at radius 1 is 1.10 bits per heavy atom. The molecule has 0 aliphatic carbocycles. The lowest BCUT2D eigenvalue weighted by molar-refractivity contribution is -0.117. The topological polar surface area (TPSA) is 29.1 Å². The van der Waals surface area contributed by atoms with E-state index in [1.165, 1.54) is 0 Å². The molecule has 0 aliphatic rings. The van der Waals surface area contributed by atoms with E-state index < -0.39 is 0 Å². The standard InChI is InChI=1S/C17H16BrNO/c1-13(15-9-5-6-10-16(15)18)19-17(20)12-11-14-7-3-2-4-8-14/h2-13H,1H3,(H,19,20)/b12-11+/t13-/m1/s1. The van der Waals surface area contributed by atoms with E-state index in [9.17, 15) is 4.79 Å². The lowest BCUT2D eigenvalue weighted by Gasteiger charge is -2.14. The highest BCUT2D eigenvalue weighted by Gasteiger charge is 2.09. The summed E-state index contributed by atoms with van der Waals surface area (Å²) in [5.41, 5.74) is 2.07. The van der Waals surface area contributed by atoms with Gasteiger partial charge in [-0.05, 0) is 30.2 Å². The van der Waals surface area contributed by atoms with Gasteiger partial charge in [0.15, 0.2) is 0 Å². The van der Waals surface area contributed by atoms with E-state index >= 15 is 0 Å². The SMILES string of the molecule is C[C@@H](NC(=O)/C=C/c1ccccc1)c1ccccc1Br. The van der Waals surface area contributed by atoms with E-state index in [1.807, 2.05) is 67.6 Å². The maximum atomic E-state index is 11.9. The molecule has 1 atom stereocenters. The molecule has 0 aromatic heterocycles. The van der Waals surface area contributed by atoms with Crippen molar-refractivity contribution in [3.63, 3.8) is 0 Å². The molecule has 2 aromatic carbocycles. The fraction of sp³-hybridized carbons (Fsp3) is 0.118. The molecule has 20 heavy (non-hydrogen) atoms. The Kier molecular flexibility index (Phi) is 5.13. The van der Waals surface area contributed by atoms with E-state index in [0.717, 1.165) is 15.6 Å². The van der Waals surface area contributed by atoms with Crippen molar-refractivity contribution in [2.75, 3.05) is 0 Å². The number of carbonyl (C=O) groups excluding carboxylic acids is 1. The Balaban J connectivity index is 1.98. The smallest absolute Gasteiger partial charge is 0.244 e. The predicted octanol–water partition coefficient (Wildman–Crippen LogP) is 4.34. The van der Waals surface area contributed by atoms with Gasteiger partial charge >= 0.3 is 0 Å². The van der Waals surface area contributed by atoms with Crippen LogP contribution in [0.1, 0.15) is 24.1 Å². The summed E-state index contributed by atoms with van der Waals surface area (Å²) < 4.78 is 1.000. The summed E-state index contributed by atoms with van der Waals surface area (Å²) in [6, 6.07) is 17.6. The minimum absolute atomic E-state index is 0.0431. The van der Waals surface area contributed by atoms with Gasteiger partial charge in [0.25, 0.3) is 0 Å². The van der Waals surface area contributed by atoms with E-state index in [2.05, 4.69) is 21.2 Å². The van der Waals surface area contributed by atoms with E-state index in [-0.39, 0.29) is 11.9 Å². The summed E-state index contributed by atoms with van der Waals surface area (Å²) in [7, 11) is 0. The second-order valence-electron chi connectivity index (χ2n) is 4.50. The van der Waals surface area contributed by atoms with Gasteiger partial charge in [-0.15, -0.1) is 0 Å². The third-order valence-electron chi connectivity index (χ3n) is 2.96. The zero-order valence-corrected chi connectivity index (χ0v) is 12.8. The Morgan fingerprint density at radius 3 is 2.45 bits per heavy atom. The number of benzene rings is 2. The number of halogens is 1. The van der Waals surface area contributed by atoms with Crippen molar-refractivity contribution in [2.45, 2.75) is 13.0 Å². The second-order valence-corrected chi connectivity index (χ2v) is 5.35.